The van der Waals surface area contributed by atoms with Crippen molar-refractivity contribution in [3.05, 3.63) is 23.8 Å². The van der Waals surface area contributed by atoms with Crippen LogP contribution in [0, 0.1) is 11.8 Å². The molecule has 2 aliphatic rings. The summed E-state index contributed by atoms with van der Waals surface area (Å²) in [7, 11) is 3.37. The fourth-order valence-electron chi connectivity index (χ4n) is 4.27. The lowest BCUT2D eigenvalue weighted by atomic mass is 9.95. The molecule has 2 fully saturated rings. The molecule has 2 heterocycles. The number of likely N-dealkylation sites (tertiary alicyclic amines) is 2. The van der Waals surface area contributed by atoms with Crippen molar-refractivity contribution < 1.29 is 14.6 Å². The minimum Gasteiger partial charge on any atom is -0.497 e. The number of aliphatic hydroxyl groups is 1. The summed E-state index contributed by atoms with van der Waals surface area (Å²) >= 11 is 0. The van der Waals surface area contributed by atoms with Gasteiger partial charge >= 0.3 is 0 Å². The molecule has 1 aromatic rings. The van der Waals surface area contributed by atoms with Crippen LogP contribution in [0.4, 0.5) is 0 Å². The highest BCUT2D eigenvalue weighted by Gasteiger charge is 2.33. The molecule has 2 aliphatic heterocycles. The molecular formula is C20H32N2O3. The molecule has 0 amide bonds. The van der Waals surface area contributed by atoms with Crippen molar-refractivity contribution in [2.24, 2.45) is 11.8 Å². The molecule has 0 unspecified atom stereocenters. The molecule has 5 heteroatoms. The smallest absolute Gasteiger partial charge is 0.122 e. The fourth-order valence-corrected chi connectivity index (χ4v) is 4.27. The van der Waals surface area contributed by atoms with E-state index in [0.717, 1.165) is 37.7 Å². The van der Waals surface area contributed by atoms with Gasteiger partial charge in [-0.3, -0.25) is 4.90 Å². The molecule has 25 heavy (non-hydrogen) atoms. The second-order valence-electron chi connectivity index (χ2n) is 7.48. The van der Waals surface area contributed by atoms with Crippen molar-refractivity contribution in [3.8, 4) is 11.5 Å². The van der Waals surface area contributed by atoms with E-state index in [-0.39, 0.29) is 6.61 Å². The highest BCUT2D eigenvalue weighted by molar-refractivity contribution is 5.38. The van der Waals surface area contributed by atoms with Crippen LogP contribution in [0.3, 0.4) is 0 Å². The third kappa shape index (κ3) is 4.87. The number of hydrogen-bond donors (Lipinski definition) is 1. The number of piperidine rings is 1. The Balaban J connectivity index is 1.61. The van der Waals surface area contributed by atoms with Crippen LogP contribution in [0.5, 0.6) is 11.5 Å². The highest BCUT2D eigenvalue weighted by atomic mass is 16.5. The molecule has 1 aromatic carbocycles. The van der Waals surface area contributed by atoms with Crippen LogP contribution >= 0.6 is 0 Å². The molecular weight excluding hydrogens is 316 g/mol. The number of methoxy groups -OCH3 is 2. The van der Waals surface area contributed by atoms with Crippen LogP contribution in [0.2, 0.25) is 0 Å². The van der Waals surface area contributed by atoms with Gasteiger partial charge in [-0.05, 0) is 55.5 Å². The van der Waals surface area contributed by atoms with Gasteiger partial charge in [-0.1, -0.05) is 6.42 Å². The maximum Gasteiger partial charge on any atom is 0.122 e. The standard InChI is InChI=1S/C20H32N2O3/c1-24-19-8-16(9-20(10-19)25-2)11-22-13-17(18(14-22)15-23)12-21-6-4-3-5-7-21/h8-10,17-18,23H,3-7,11-15H2,1-2H3/t17-,18-/m1/s1. The van der Waals surface area contributed by atoms with Gasteiger partial charge in [-0.15, -0.1) is 0 Å². The van der Waals surface area contributed by atoms with E-state index in [1.54, 1.807) is 14.2 Å². The zero-order valence-corrected chi connectivity index (χ0v) is 15.6. The maximum atomic E-state index is 9.83. The van der Waals surface area contributed by atoms with Crippen molar-refractivity contribution in [1.82, 2.24) is 9.80 Å². The first-order chi connectivity index (χ1) is 12.2. The van der Waals surface area contributed by atoms with E-state index in [2.05, 4.69) is 21.9 Å². The molecule has 0 radical (unpaired) electrons. The summed E-state index contributed by atoms with van der Waals surface area (Å²) in [6.45, 7) is 6.76. The van der Waals surface area contributed by atoms with Crippen LogP contribution in [0.1, 0.15) is 24.8 Å². The average molecular weight is 348 g/mol. The topological polar surface area (TPSA) is 45.2 Å². The number of nitrogens with zero attached hydrogens (tertiary/aromatic N) is 2. The van der Waals surface area contributed by atoms with Crippen LogP contribution in [-0.2, 0) is 6.54 Å². The van der Waals surface area contributed by atoms with Crippen molar-refractivity contribution in [2.45, 2.75) is 25.8 Å². The van der Waals surface area contributed by atoms with E-state index >= 15 is 0 Å². The number of aliphatic hydroxyl groups excluding tert-OH is 1. The van der Waals surface area contributed by atoms with Gasteiger partial charge in [0.2, 0.25) is 0 Å². The second-order valence-corrected chi connectivity index (χ2v) is 7.48. The van der Waals surface area contributed by atoms with Crippen molar-refractivity contribution in [1.29, 1.82) is 0 Å². The van der Waals surface area contributed by atoms with Crippen molar-refractivity contribution in [3.63, 3.8) is 0 Å². The van der Waals surface area contributed by atoms with Gasteiger partial charge in [0.05, 0.1) is 14.2 Å². The molecule has 0 saturated carbocycles. The van der Waals surface area contributed by atoms with E-state index in [0.29, 0.717) is 11.8 Å². The number of hydrogen-bond acceptors (Lipinski definition) is 5. The van der Waals surface area contributed by atoms with Crippen molar-refractivity contribution in [2.75, 3.05) is 53.6 Å². The molecule has 0 bridgehead atoms. The number of benzene rings is 1. The molecule has 1 N–H and O–H groups in total. The Morgan fingerprint density at radius 2 is 1.56 bits per heavy atom. The Morgan fingerprint density at radius 3 is 2.16 bits per heavy atom. The first-order valence-electron chi connectivity index (χ1n) is 9.49. The van der Waals surface area contributed by atoms with Gasteiger partial charge < -0.3 is 19.5 Å². The van der Waals surface area contributed by atoms with E-state index in [4.69, 9.17) is 9.47 Å². The third-order valence-electron chi connectivity index (χ3n) is 5.65. The van der Waals surface area contributed by atoms with E-state index in [1.165, 1.54) is 37.9 Å². The minimum absolute atomic E-state index is 0.288. The molecule has 3 rings (SSSR count). The zero-order chi connectivity index (χ0) is 17.6. The first-order valence-corrected chi connectivity index (χ1v) is 9.49. The van der Waals surface area contributed by atoms with Crippen molar-refractivity contribution >= 4 is 0 Å². The molecule has 5 nitrogen and oxygen atoms in total. The fraction of sp³-hybridized carbons (Fsp3) is 0.700. The van der Waals surface area contributed by atoms with Crippen LogP contribution < -0.4 is 9.47 Å². The normalized spacial score (nSPS) is 25.2. The van der Waals surface area contributed by atoms with E-state index < -0.39 is 0 Å². The predicted molar refractivity (Wildman–Crippen MR) is 99.2 cm³/mol. The highest BCUT2D eigenvalue weighted by Crippen LogP contribution is 2.29. The second kappa shape index (κ2) is 8.88. The summed E-state index contributed by atoms with van der Waals surface area (Å²) in [5.41, 5.74) is 1.20. The lowest BCUT2D eigenvalue weighted by Crippen LogP contribution is -2.37. The van der Waals surface area contributed by atoms with E-state index in [9.17, 15) is 5.11 Å². The maximum absolute atomic E-state index is 9.83. The predicted octanol–water partition coefficient (Wildman–Crippen LogP) is 2.23. The summed E-state index contributed by atoms with van der Waals surface area (Å²) in [5, 5.41) is 9.83. The molecule has 0 aromatic heterocycles. The molecule has 0 spiro atoms. The molecule has 2 saturated heterocycles. The quantitative estimate of drug-likeness (QED) is 0.819. The van der Waals surface area contributed by atoms with Crippen LogP contribution in [-0.4, -0.2) is 68.5 Å². The first kappa shape index (κ1) is 18.5. The molecule has 0 aliphatic carbocycles. The number of ether oxygens (including phenoxy) is 2. The van der Waals surface area contributed by atoms with Gasteiger partial charge in [0, 0.05) is 38.9 Å². The summed E-state index contributed by atoms with van der Waals surface area (Å²) in [6, 6.07) is 6.06. The van der Waals surface area contributed by atoms with Crippen LogP contribution in [0.15, 0.2) is 18.2 Å². The summed E-state index contributed by atoms with van der Waals surface area (Å²) < 4.78 is 10.8. The largest absolute Gasteiger partial charge is 0.497 e. The Kier molecular flexibility index (Phi) is 6.57. The SMILES string of the molecule is COc1cc(CN2C[C@@H](CN3CCCCC3)[C@@H](CO)C2)cc(OC)c1. The Hall–Kier alpha value is -1.30. The van der Waals surface area contributed by atoms with E-state index in [1.807, 2.05) is 6.07 Å². The van der Waals surface area contributed by atoms with Crippen LogP contribution in [0.25, 0.3) is 0 Å². The summed E-state index contributed by atoms with van der Waals surface area (Å²) in [4.78, 5) is 5.05. The monoisotopic (exact) mass is 348 g/mol. The summed E-state index contributed by atoms with van der Waals surface area (Å²) in [6.07, 6.45) is 4.02. The Morgan fingerprint density at radius 1 is 0.920 bits per heavy atom. The number of rotatable bonds is 7. The average Bonchev–Trinajstić information content (AvgIpc) is 3.03. The molecule has 2 atom stereocenters. The molecule has 140 valence electrons. The Bertz CT molecular complexity index is 523. The lowest BCUT2D eigenvalue weighted by molar-refractivity contribution is 0.149. The Labute approximate surface area is 151 Å². The van der Waals surface area contributed by atoms with Gasteiger partial charge in [0.1, 0.15) is 11.5 Å². The summed E-state index contributed by atoms with van der Waals surface area (Å²) in [5.74, 6) is 2.61. The van der Waals surface area contributed by atoms with Gasteiger partial charge in [0.15, 0.2) is 0 Å². The van der Waals surface area contributed by atoms with Gasteiger partial charge in [-0.2, -0.15) is 0 Å². The lowest BCUT2D eigenvalue weighted by Gasteiger charge is -2.30. The third-order valence-corrected chi connectivity index (χ3v) is 5.65. The van der Waals surface area contributed by atoms with Gasteiger partial charge in [-0.25, -0.2) is 0 Å². The van der Waals surface area contributed by atoms with Gasteiger partial charge in [0.25, 0.3) is 0 Å². The zero-order valence-electron chi connectivity index (χ0n) is 15.6. The minimum atomic E-state index is 0.288.